The van der Waals surface area contributed by atoms with Crippen LogP contribution in [0.25, 0.3) is 0 Å². The quantitative estimate of drug-likeness (QED) is 0.191. The van der Waals surface area contributed by atoms with Gasteiger partial charge in [-0.2, -0.15) is 0 Å². The zero-order valence-electron chi connectivity index (χ0n) is 8.69. The van der Waals surface area contributed by atoms with E-state index in [9.17, 15) is 5.11 Å². The molecule has 7 nitrogen and oxygen atoms in total. The molecule has 0 aromatic carbocycles. The summed E-state index contributed by atoms with van der Waals surface area (Å²) in [7, 11) is 0. The lowest BCUT2D eigenvalue weighted by Gasteiger charge is -2.25. The van der Waals surface area contributed by atoms with Crippen molar-refractivity contribution >= 4 is 0 Å². The first-order chi connectivity index (χ1) is 7.26. The highest BCUT2D eigenvalue weighted by atomic mass is 16.3. The molecule has 0 heterocycles. The van der Waals surface area contributed by atoms with Crippen LogP contribution < -0.4 is 16.0 Å². The Morgan fingerprint density at radius 1 is 0.733 bits per heavy atom. The highest BCUT2D eigenvalue weighted by Gasteiger charge is 2.16. The molecule has 15 heavy (non-hydrogen) atoms. The van der Waals surface area contributed by atoms with Gasteiger partial charge in [0, 0.05) is 19.6 Å². The monoisotopic (exact) mass is 223 g/mol. The Morgan fingerprint density at radius 3 is 1.53 bits per heavy atom. The summed E-state index contributed by atoms with van der Waals surface area (Å²) in [6.07, 6.45) is -1.37. The second kappa shape index (κ2) is 10.2. The molecule has 7 heteroatoms. The smallest absolute Gasteiger partial charge is 0.133 e. The van der Waals surface area contributed by atoms with Gasteiger partial charge in [-0.15, -0.1) is 0 Å². The fraction of sp³-hybridized carbons (Fsp3) is 1.00. The van der Waals surface area contributed by atoms with Crippen LogP contribution in [-0.2, 0) is 0 Å². The fourth-order valence-corrected chi connectivity index (χ4v) is 1.07. The molecule has 0 aromatic heterocycles. The second-order valence-electron chi connectivity index (χ2n) is 2.96. The minimum atomic E-state index is -0.893. The Labute approximate surface area is 89.1 Å². The molecule has 0 bridgehead atoms. The number of hydrogen-bond acceptors (Lipinski definition) is 7. The summed E-state index contributed by atoms with van der Waals surface area (Å²) in [5.74, 6) is 0. The van der Waals surface area contributed by atoms with E-state index in [0.29, 0.717) is 13.1 Å². The van der Waals surface area contributed by atoms with Crippen molar-refractivity contribution in [1.82, 2.24) is 16.0 Å². The van der Waals surface area contributed by atoms with E-state index in [0.717, 1.165) is 0 Å². The van der Waals surface area contributed by atoms with Gasteiger partial charge in [-0.25, -0.2) is 0 Å². The van der Waals surface area contributed by atoms with Gasteiger partial charge >= 0.3 is 0 Å². The minimum absolute atomic E-state index is 0.0377. The van der Waals surface area contributed by atoms with Gasteiger partial charge < -0.3 is 20.4 Å². The Morgan fingerprint density at radius 2 is 1.13 bits per heavy atom. The molecule has 7 N–H and O–H groups in total. The predicted octanol–water partition coefficient (Wildman–Crippen LogP) is -3.62. The van der Waals surface area contributed by atoms with Gasteiger partial charge in [0.15, 0.2) is 0 Å². The molecule has 0 aromatic rings. The lowest BCUT2D eigenvalue weighted by molar-refractivity contribution is 0.0692. The van der Waals surface area contributed by atoms with E-state index >= 15 is 0 Å². The van der Waals surface area contributed by atoms with Gasteiger partial charge in [-0.3, -0.25) is 16.0 Å². The summed E-state index contributed by atoms with van der Waals surface area (Å²) in [6, 6.07) is 0. The third-order valence-electron chi connectivity index (χ3n) is 1.73. The Hall–Kier alpha value is -0.280. The van der Waals surface area contributed by atoms with Gasteiger partial charge in [0.2, 0.25) is 0 Å². The molecule has 0 aliphatic carbocycles. The number of hydrogen-bond donors (Lipinski definition) is 7. The normalized spacial score (nSPS) is 13.4. The van der Waals surface area contributed by atoms with Crippen LogP contribution in [-0.4, -0.2) is 72.3 Å². The lowest BCUT2D eigenvalue weighted by Crippen LogP contribution is -2.57. The van der Waals surface area contributed by atoms with Crippen LogP contribution in [0.2, 0.25) is 0 Å². The van der Waals surface area contributed by atoms with Crippen LogP contribution in [0.5, 0.6) is 0 Å². The third kappa shape index (κ3) is 7.63. The van der Waals surface area contributed by atoms with Crippen molar-refractivity contribution in [2.75, 3.05) is 39.5 Å². The highest BCUT2D eigenvalue weighted by molar-refractivity contribution is 4.71. The molecular weight excluding hydrogens is 202 g/mol. The maximum atomic E-state index is 9.58. The summed E-state index contributed by atoms with van der Waals surface area (Å²) in [4.78, 5) is 0. The summed E-state index contributed by atoms with van der Waals surface area (Å²) < 4.78 is 0. The minimum Gasteiger partial charge on any atom is -0.395 e. The van der Waals surface area contributed by atoms with Crippen LogP contribution in [0.3, 0.4) is 0 Å². The van der Waals surface area contributed by atoms with Crippen molar-refractivity contribution in [2.45, 2.75) is 12.4 Å². The molecule has 0 amide bonds. The maximum absolute atomic E-state index is 9.58. The Kier molecular flexibility index (Phi) is 10.1. The second-order valence-corrected chi connectivity index (χ2v) is 2.96. The lowest BCUT2D eigenvalue weighted by atomic mass is 10.4. The van der Waals surface area contributed by atoms with Crippen LogP contribution in [0.4, 0.5) is 0 Å². The summed E-state index contributed by atoms with van der Waals surface area (Å²) in [6.45, 7) is 0.805. The van der Waals surface area contributed by atoms with Gasteiger partial charge in [0.25, 0.3) is 0 Å². The van der Waals surface area contributed by atoms with Crippen molar-refractivity contribution < 1.29 is 20.4 Å². The van der Waals surface area contributed by atoms with Crippen LogP contribution in [0.1, 0.15) is 0 Å². The SMILES string of the molecule is OCCNC(O)C(NCCO)NCCO. The van der Waals surface area contributed by atoms with E-state index in [-0.39, 0.29) is 26.4 Å². The molecule has 0 radical (unpaired) electrons. The van der Waals surface area contributed by atoms with Crippen molar-refractivity contribution in [3.05, 3.63) is 0 Å². The van der Waals surface area contributed by atoms with Crippen LogP contribution >= 0.6 is 0 Å². The van der Waals surface area contributed by atoms with E-state index in [1.165, 1.54) is 0 Å². The molecular formula is C8H21N3O4. The largest absolute Gasteiger partial charge is 0.395 e. The maximum Gasteiger partial charge on any atom is 0.133 e. The molecule has 0 saturated carbocycles. The highest BCUT2D eigenvalue weighted by Crippen LogP contribution is 1.85. The molecule has 92 valence electrons. The average Bonchev–Trinajstić information content (AvgIpc) is 2.26. The first-order valence-corrected chi connectivity index (χ1v) is 4.97. The van der Waals surface area contributed by atoms with Gasteiger partial charge in [0.1, 0.15) is 6.23 Å². The first-order valence-electron chi connectivity index (χ1n) is 4.97. The zero-order chi connectivity index (χ0) is 11.5. The summed E-state index contributed by atoms with van der Waals surface area (Å²) in [5, 5.41) is 43.7. The zero-order valence-corrected chi connectivity index (χ0v) is 8.69. The van der Waals surface area contributed by atoms with Crippen LogP contribution in [0.15, 0.2) is 0 Å². The van der Waals surface area contributed by atoms with E-state index in [1.807, 2.05) is 0 Å². The van der Waals surface area contributed by atoms with Crippen molar-refractivity contribution in [3.63, 3.8) is 0 Å². The predicted molar refractivity (Wildman–Crippen MR) is 55.1 cm³/mol. The topological polar surface area (TPSA) is 117 Å². The van der Waals surface area contributed by atoms with Gasteiger partial charge in [-0.05, 0) is 0 Å². The van der Waals surface area contributed by atoms with Crippen molar-refractivity contribution in [1.29, 1.82) is 0 Å². The summed E-state index contributed by atoms with van der Waals surface area (Å²) in [5.41, 5.74) is 0. The summed E-state index contributed by atoms with van der Waals surface area (Å²) >= 11 is 0. The number of aliphatic hydroxyl groups is 4. The Bertz CT molecular complexity index is 131. The van der Waals surface area contributed by atoms with E-state index in [1.54, 1.807) is 0 Å². The number of nitrogens with one attached hydrogen (secondary N) is 3. The molecule has 0 rings (SSSR count). The van der Waals surface area contributed by atoms with Gasteiger partial charge in [0.05, 0.1) is 26.0 Å². The van der Waals surface area contributed by atoms with E-state index in [2.05, 4.69) is 16.0 Å². The molecule has 0 fully saturated rings. The third-order valence-corrected chi connectivity index (χ3v) is 1.73. The number of rotatable bonds is 10. The fourth-order valence-electron chi connectivity index (χ4n) is 1.07. The van der Waals surface area contributed by atoms with E-state index in [4.69, 9.17) is 15.3 Å². The molecule has 1 atom stereocenters. The standard InChI is InChI=1S/C8H21N3O4/c12-4-1-9-7(10-2-5-13)8(15)11-3-6-14/h7-15H,1-6H2. The van der Waals surface area contributed by atoms with Crippen molar-refractivity contribution in [3.8, 4) is 0 Å². The molecule has 0 aliphatic rings. The molecule has 0 saturated heterocycles. The average molecular weight is 223 g/mol. The molecule has 1 unspecified atom stereocenters. The molecule has 0 spiro atoms. The van der Waals surface area contributed by atoms with Gasteiger partial charge in [-0.1, -0.05) is 0 Å². The number of aliphatic hydroxyl groups excluding tert-OH is 4. The van der Waals surface area contributed by atoms with E-state index < -0.39 is 12.4 Å². The first kappa shape index (κ1) is 14.7. The Balaban J connectivity index is 3.84. The van der Waals surface area contributed by atoms with Crippen LogP contribution in [0, 0.1) is 0 Å². The van der Waals surface area contributed by atoms with Crippen molar-refractivity contribution in [2.24, 2.45) is 0 Å². The molecule has 0 aliphatic heterocycles.